The molecule has 0 aliphatic carbocycles. The second-order valence-corrected chi connectivity index (χ2v) is 3.39. The monoisotopic (exact) mass is 220 g/mol. The van der Waals surface area contributed by atoms with Crippen LogP contribution in [0.25, 0.3) is 0 Å². The molecule has 1 rings (SSSR count). The second-order valence-electron chi connectivity index (χ2n) is 3.39. The summed E-state index contributed by atoms with van der Waals surface area (Å²) in [5.41, 5.74) is 1.45. The Balaban J connectivity index is 2.90. The quantitative estimate of drug-likeness (QED) is 0.680. The molecule has 0 heterocycles. The molecule has 84 valence electrons. The van der Waals surface area contributed by atoms with Crippen molar-refractivity contribution in [1.29, 1.82) is 0 Å². The summed E-state index contributed by atoms with van der Waals surface area (Å²) in [7, 11) is 0. The zero-order chi connectivity index (χ0) is 11.4. The first-order valence-corrected chi connectivity index (χ1v) is 4.64. The van der Waals surface area contributed by atoms with Crippen molar-refractivity contribution in [2.45, 2.75) is 32.6 Å². The lowest BCUT2D eigenvalue weighted by molar-refractivity contribution is 0.147. The van der Waals surface area contributed by atoms with Crippen LogP contribution in [0.4, 0.5) is 17.6 Å². The van der Waals surface area contributed by atoms with Gasteiger partial charge in [0.2, 0.25) is 12.9 Å². The normalized spacial score (nSPS) is 11.4. The summed E-state index contributed by atoms with van der Waals surface area (Å²) in [4.78, 5) is 0. The first kappa shape index (κ1) is 12.0. The number of halogens is 4. The Morgan fingerprint density at radius 3 is 1.67 bits per heavy atom. The van der Waals surface area contributed by atoms with Gasteiger partial charge < -0.3 is 0 Å². The number of hydrogen-bond donors (Lipinski definition) is 0. The van der Waals surface area contributed by atoms with Crippen LogP contribution in [0.2, 0.25) is 0 Å². The van der Waals surface area contributed by atoms with Gasteiger partial charge in [-0.1, -0.05) is 18.2 Å². The van der Waals surface area contributed by atoms with E-state index in [1.807, 2.05) is 0 Å². The highest BCUT2D eigenvalue weighted by molar-refractivity contribution is 5.34. The van der Waals surface area contributed by atoms with Gasteiger partial charge in [-0.3, -0.25) is 0 Å². The van der Waals surface area contributed by atoms with Gasteiger partial charge in [0.15, 0.2) is 0 Å². The van der Waals surface area contributed by atoms with Crippen molar-refractivity contribution in [1.82, 2.24) is 0 Å². The lowest BCUT2D eigenvalue weighted by Gasteiger charge is -2.10. The molecule has 0 radical (unpaired) electrons. The van der Waals surface area contributed by atoms with Crippen molar-refractivity contribution < 1.29 is 17.6 Å². The lowest BCUT2D eigenvalue weighted by atomic mass is 9.98. The van der Waals surface area contributed by atoms with Gasteiger partial charge >= 0.3 is 0 Å². The molecule has 15 heavy (non-hydrogen) atoms. The Kier molecular flexibility index (Phi) is 4.12. The predicted molar refractivity (Wildman–Crippen MR) is 50.6 cm³/mol. The highest BCUT2D eigenvalue weighted by Crippen LogP contribution is 2.19. The fourth-order valence-electron chi connectivity index (χ4n) is 1.51. The number of rotatable bonds is 4. The maximum atomic E-state index is 12.1. The third kappa shape index (κ3) is 3.53. The molecular formula is C11H12F4. The molecule has 0 fully saturated rings. The van der Waals surface area contributed by atoms with Gasteiger partial charge in [-0.15, -0.1) is 0 Å². The van der Waals surface area contributed by atoms with Crippen LogP contribution in [0.1, 0.15) is 16.7 Å². The zero-order valence-corrected chi connectivity index (χ0v) is 8.31. The Morgan fingerprint density at radius 1 is 0.933 bits per heavy atom. The van der Waals surface area contributed by atoms with E-state index >= 15 is 0 Å². The fraction of sp³-hybridized carbons (Fsp3) is 0.455. The van der Waals surface area contributed by atoms with Crippen LogP contribution in [-0.2, 0) is 12.8 Å². The van der Waals surface area contributed by atoms with Crippen LogP contribution in [0, 0.1) is 6.92 Å². The minimum Gasteiger partial charge on any atom is -0.210 e. The average molecular weight is 220 g/mol. The highest BCUT2D eigenvalue weighted by Gasteiger charge is 2.12. The van der Waals surface area contributed by atoms with E-state index < -0.39 is 12.9 Å². The summed E-state index contributed by atoms with van der Waals surface area (Å²) in [5.74, 6) is 0. The molecule has 0 nitrogen and oxygen atoms in total. The molecule has 0 saturated carbocycles. The third-order valence-electron chi connectivity index (χ3n) is 2.31. The van der Waals surface area contributed by atoms with Crippen LogP contribution < -0.4 is 0 Å². The van der Waals surface area contributed by atoms with Gasteiger partial charge in [0, 0.05) is 12.8 Å². The van der Waals surface area contributed by atoms with E-state index in [0.717, 1.165) is 0 Å². The number of hydrogen-bond acceptors (Lipinski definition) is 0. The smallest absolute Gasteiger partial charge is 0.210 e. The summed E-state index contributed by atoms with van der Waals surface area (Å²) in [6.07, 6.45) is -5.62. The molecule has 0 unspecified atom stereocenters. The molecule has 1 aromatic rings. The summed E-state index contributed by atoms with van der Waals surface area (Å²) in [5, 5.41) is 0. The van der Waals surface area contributed by atoms with Crippen LogP contribution in [-0.4, -0.2) is 12.9 Å². The van der Waals surface area contributed by atoms with E-state index in [1.54, 1.807) is 25.1 Å². The predicted octanol–water partition coefficient (Wildman–Crippen LogP) is 3.61. The van der Waals surface area contributed by atoms with Gasteiger partial charge in [-0.2, -0.15) is 0 Å². The van der Waals surface area contributed by atoms with E-state index in [1.165, 1.54) is 0 Å². The minimum absolute atomic E-state index is 0.372. The molecule has 0 N–H and O–H groups in total. The average Bonchev–Trinajstić information content (AvgIpc) is 2.10. The Bertz CT molecular complexity index is 292. The standard InChI is InChI=1S/C11H12F4/c1-7-8(5-10(12)13)3-2-4-9(7)6-11(14)15/h2-4,10-11H,5-6H2,1H3. The molecule has 0 bridgehead atoms. The molecular weight excluding hydrogens is 208 g/mol. The van der Waals surface area contributed by atoms with E-state index in [0.29, 0.717) is 16.7 Å². The van der Waals surface area contributed by atoms with Crippen molar-refractivity contribution in [3.8, 4) is 0 Å². The van der Waals surface area contributed by atoms with Crippen molar-refractivity contribution >= 4 is 0 Å². The summed E-state index contributed by atoms with van der Waals surface area (Å²) < 4.78 is 48.6. The summed E-state index contributed by atoms with van der Waals surface area (Å²) in [6, 6.07) is 4.65. The Morgan fingerprint density at radius 2 is 1.33 bits per heavy atom. The molecule has 0 atom stereocenters. The SMILES string of the molecule is Cc1c(CC(F)F)cccc1CC(F)F. The van der Waals surface area contributed by atoms with Crippen LogP contribution in [0.3, 0.4) is 0 Å². The Hall–Kier alpha value is -1.06. The van der Waals surface area contributed by atoms with Crippen LogP contribution in [0.5, 0.6) is 0 Å². The molecule has 1 aromatic carbocycles. The van der Waals surface area contributed by atoms with Crippen LogP contribution >= 0.6 is 0 Å². The van der Waals surface area contributed by atoms with E-state index in [9.17, 15) is 17.6 Å². The van der Waals surface area contributed by atoms with E-state index in [-0.39, 0.29) is 12.8 Å². The number of benzene rings is 1. The summed E-state index contributed by atoms with van der Waals surface area (Å²) in [6.45, 7) is 1.61. The first-order chi connectivity index (χ1) is 7.00. The van der Waals surface area contributed by atoms with Crippen molar-refractivity contribution in [2.24, 2.45) is 0 Å². The van der Waals surface area contributed by atoms with Crippen molar-refractivity contribution in [3.63, 3.8) is 0 Å². The van der Waals surface area contributed by atoms with Crippen LogP contribution in [0.15, 0.2) is 18.2 Å². The van der Waals surface area contributed by atoms with Gasteiger partial charge in [0.25, 0.3) is 0 Å². The second kappa shape index (κ2) is 5.14. The van der Waals surface area contributed by atoms with E-state index in [2.05, 4.69) is 0 Å². The molecule has 0 amide bonds. The topological polar surface area (TPSA) is 0 Å². The fourth-order valence-corrected chi connectivity index (χ4v) is 1.51. The first-order valence-electron chi connectivity index (χ1n) is 4.64. The molecule has 0 aliphatic rings. The molecule has 0 saturated heterocycles. The van der Waals surface area contributed by atoms with E-state index in [4.69, 9.17) is 0 Å². The van der Waals surface area contributed by atoms with Gasteiger partial charge in [-0.25, -0.2) is 17.6 Å². The maximum absolute atomic E-state index is 12.1. The maximum Gasteiger partial charge on any atom is 0.242 e. The Labute approximate surface area is 85.9 Å². The lowest BCUT2D eigenvalue weighted by Crippen LogP contribution is -2.04. The largest absolute Gasteiger partial charge is 0.242 e. The molecule has 0 spiro atoms. The number of alkyl halides is 4. The van der Waals surface area contributed by atoms with Gasteiger partial charge in [0.05, 0.1) is 0 Å². The highest BCUT2D eigenvalue weighted by atomic mass is 19.3. The molecule has 0 aliphatic heterocycles. The van der Waals surface area contributed by atoms with Crippen molar-refractivity contribution in [3.05, 3.63) is 34.9 Å². The molecule has 4 heteroatoms. The van der Waals surface area contributed by atoms with Gasteiger partial charge in [-0.05, 0) is 23.6 Å². The van der Waals surface area contributed by atoms with Crippen molar-refractivity contribution in [2.75, 3.05) is 0 Å². The minimum atomic E-state index is -2.44. The molecule has 0 aromatic heterocycles. The van der Waals surface area contributed by atoms with Gasteiger partial charge in [0.1, 0.15) is 0 Å². The third-order valence-corrected chi connectivity index (χ3v) is 2.31. The summed E-state index contributed by atoms with van der Waals surface area (Å²) >= 11 is 0. The zero-order valence-electron chi connectivity index (χ0n) is 8.31.